The Hall–Kier alpha value is -2.88. The number of aromatic nitrogens is 2. The van der Waals surface area contributed by atoms with Crippen molar-refractivity contribution < 1.29 is 4.79 Å². The third kappa shape index (κ3) is 4.60. The van der Waals surface area contributed by atoms with Crippen LogP contribution in [0.2, 0.25) is 0 Å². The molecule has 0 aliphatic rings. The van der Waals surface area contributed by atoms with Crippen LogP contribution in [0.25, 0.3) is 11.3 Å². The molecule has 1 heterocycles. The summed E-state index contributed by atoms with van der Waals surface area (Å²) in [5, 5.41) is 7.58. The number of benzene rings is 2. The van der Waals surface area contributed by atoms with Crippen LogP contribution in [0.5, 0.6) is 0 Å². The molecule has 0 atom stereocenters. The molecule has 0 aliphatic heterocycles. The molecule has 4 nitrogen and oxygen atoms in total. The molecule has 2 aromatic carbocycles. The van der Waals surface area contributed by atoms with E-state index < -0.39 is 0 Å². The molecule has 1 amide bonds. The van der Waals surface area contributed by atoms with Gasteiger partial charge in [0, 0.05) is 31.8 Å². The molecule has 0 radical (unpaired) electrons. The molecule has 0 fully saturated rings. The standard InChI is InChI=1S/C22H25N3O/c1-16-7-9-19(10-8-16)22-20(15-25(3)24-22)11-12-21(26)23-14-18-6-4-5-17(2)13-18/h4-10,13,15H,11-12,14H2,1-3H3,(H,23,26). The summed E-state index contributed by atoms with van der Waals surface area (Å²) in [5.74, 6) is 0.0604. The van der Waals surface area contributed by atoms with Gasteiger partial charge < -0.3 is 5.32 Å². The van der Waals surface area contributed by atoms with Crippen molar-refractivity contribution in [3.63, 3.8) is 0 Å². The van der Waals surface area contributed by atoms with Gasteiger partial charge in [0.05, 0.1) is 5.69 Å². The third-order valence-corrected chi connectivity index (χ3v) is 4.42. The van der Waals surface area contributed by atoms with Gasteiger partial charge in [-0.15, -0.1) is 0 Å². The molecule has 4 heteroatoms. The van der Waals surface area contributed by atoms with Crippen molar-refractivity contribution in [1.29, 1.82) is 0 Å². The van der Waals surface area contributed by atoms with Crippen LogP contribution in [0.1, 0.15) is 28.7 Å². The van der Waals surface area contributed by atoms with Crippen LogP contribution in [0.4, 0.5) is 0 Å². The zero-order valence-corrected chi connectivity index (χ0v) is 15.6. The number of carbonyl (C=O) groups is 1. The topological polar surface area (TPSA) is 46.9 Å². The maximum atomic E-state index is 12.2. The Morgan fingerprint density at radius 1 is 1.08 bits per heavy atom. The van der Waals surface area contributed by atoms with E-state index in [4.69, 9.17) is 0 Å². The molecule has 0 saturated carbocycles. The van der Waals surface area contributed by atoms with Crippen LogP contribution in [-0.2, 0) is 24.8 Å². The lowest BCUT2D eigenvalue weighted by molar-refractivity contribution is -0.121. The number of nitrogens with one attached hydrogen (secondary N) is 1. The third-order valence-electron chi connectivity index (χ3n) is 4.42. The van der Waals surface area contributed by atoms with E-state index in [1.54, 1.807) is 0 Å². The smallest absolute Gasteiger partial charge is 0.220 e. The second-order valence-electron chi connectivity index (χ2n) is 6.81. The Balaban J connectivity index is 1.61. The largest absolute Gasteiger partial charge is 0.352 e. The van der Waals surface area contributed by atoms with Crippen molar-refractivity contribution in [3.05, 3.63) is 77.0 Å². The van der Waals surface area contributed by atoms with Gasteiger partial charge in [-0.3, -0.25) is 9.48 Å². The summed E-state index contributed by atoms with van der Waals surface area (Å²) < 4.78 is 1.81. The molecule has 0 bridgehead atoms. The lowest BCUT2D eigenvalue weighted by Gasteiger charge is -2.07. The quantitative estimate of drug-likeness (QED) is 0.734. The summed E-state index contributed by atoms with van der Waals surface area (Å²) in [6.45, 7) is 4.69. The van der Waals surface area contributed by atoms with Gasteiger partial charge in [0.1, 0.15) is 0 Å². The van der Waals surface area contributed by atoms with Crippen molar-refractivity contribution in [1.82, 2.24) is 15.1 Å². The molecular formula is C22H25N3O. The first kappa shape index (κ1) is 17.9. The van der Waals surface area contributed by atoms with E-state index in [-0.39, 0.29) is 5.91 Å². The van der Waals surface area contributed by atoms with Gasteiger partial charge in [-0.05, 0) is 31.4 Å². The summed E-state index contributed by atoms with van der Waals surface area (Å²) in [6, 6.07) is 16.5. The summed E-state index contributed by atoms with van der Waals surface area (Å²) in [6.07, 6.45) is 3.14. The highest BCUT2D eigenvalue weighted by Crippen LogP contribution is 2.23. The van der Waals surface area contributed by atoms with Crippen LogP contribution >= 0.6 is 0 Å². The molecule has 3 rings (SSSR count). The summed E-state index contributed by atoms with van der Waals surface area (Å²) in [4.78, 5) is 12.2. The SMILES string of the molecule is Cc1ccc(-c2nn(C)cc2CCC(=O)NCc2cccc(C)c2)cc1. The predicted molar refractivity (Wildman–Crippen MR) is 105 cm³/mol. The van der Waals surface area contributed by atoms with Gasteiger partial charge in [-0.2, -0.15) is 5.10 Å². The molecule has 0 aliphatic carbocycles. The van der Waals surface area contributed by atoms with Gasteiger partial charge in [-0.25, -0.2) is 0 Å². The molecule has 0 saturated heterocycles. The van der Waals surface area contributed by atoms with Crippen molar-refractivity contribution >= 4 is 5.91 Å². The zero-order valence-electron chi connectivity index (χ0n) is 15.6. The molecule has 1 aromatic heterocycles. The molecule has 3 aromatic rings. The maximum Gasteiger partial charge on any atom is 0.220 e. The fraction of sp³-hybridized carbons (Fsp3) is 0.273. The van der Waals surface area contributed by atoms with Gasteiger partial charge >= 0.3 is 0 Å². The van der Waals surface area contributed by atoms with E-state index in [1.165, 1.54) is 11.1 Å². The van der Waals surface area contributed by atoms with E-state index in [0.29, 0.717) is 19.4 Å². The van der Waals surface area contributed by atoms with Crippen molar-refractivity contribution in [2.75, 3.05) is 0 Å². The molecule has 134 valence electrons. The minimum atomic E-state index is 0.0604. The van der Waals surface area contributed by atoms with Gasteiger partial charge in [0.25, 0.3) is 0 Å². The highest BCUT2D eigenvalue weighted by Gasteiger charge is 2.12. The van der Waals surface area contributed by atoms with E-state index in [1.807, 2.05) is 30.1 Å². The first-order valence-corrected chi connectivity index (χ1v) is 8.93. The van der Waals surface area contributed by atoms with Crippen LogP contribution in [0.15, 0.2) is 54.7 Å². The number of hydrogen-bond donors (Lipinski definition) is 1. The average Bonchev–Trinajstić information content (AvgIpc) is 2.99. The minimum absolute atomic E-state index is 0.0604. The number of hydrogen-bond acceptors (Lipinski definition) is 2. The lowest BCUT2D eigenvalue weighted by atomic mass is 10.0. The van der Waals surface area contributed by atoms with Crippen molar-refractivity contribution in [2.24, 2.45) is 7.05 Å². The number of aryl methyl sites for hydroxylation is 4. The highest BCUT2D eigenvalue weighted by atomic mass is 16.1. The predicted octanol–water partition coefficient (Wildman–Crippen LogP) is 3.95. The number of carbonyl (C=O) groups excluding carboxylic acids is 1. The average molecular weight is 347 g/mol. The van der Waals surface area contributed by atoms with Gasteiger partial charge in [-0.1, -0.05) is 59.7 Å². The zero-order chi connectivity index (χ0) is 18.5. The monoisotopic (exact) mass is 347 g/mol. The number of nitrogens with zero attached hydrogens (tertiary/aromatic N) is 2. The van der Waals surface area contributed by atoms with Crippen molar-refractivity contribution in [3.8, 4) is 11.3 Å². The number of amides is 1. The molecule has 1 N–H and O–H groups in total. The van der Waals surface area contributed by atoms with E-state index in [2.05, 4.69) is 60.7 Å². The van der Waals surface area contributed by atoms with E-state index in [9.17, 15) is 4.79 Å². The summed E-state index contributed by atoms with van der Waals surface area (Å²) in [7, 11) is 1.92. The Labute approximate surface area is 154 Å². The Kier molecular flexibility index (Phi) is 5.52. The fourth-order valence-electron chi connectivity index (χ4n) is 3.03. The Morgan fingerprint density at radius 2 is 1.85 bits per heavy atom. The second-order valence-corrected chi connectivity index (χ2v) is 6.81. The molecule has 0 spiro atoms. The maximum absolute atomic E-state index is 12.2. The highest BCUT2D eigenvalue weighted by molar-refractivity contribution is 5.76. The van der Waals surface area contributed by atoms with Gasteiger partial charge in [0.2, 0.25) is 5.91 Å². The Morgan fingerprint density at radius 3 is 2.58 bits per heavy atom. The minimum Gasteiger partial charge on any atom is -0.352 e. The molecular weight excluding hydrogens is 322 g/mol. The van der Waals surface area contributed by atoms with Crippen LogP contribution in [0, 0.1) is 13.8 Å². The van der Waals surface area contributed by atoms with Crippen LogP contribution < -0.4 is 5.32 Å². The van der Waals surface area contributed by atoms with Crippen LogP contribution in [0.3, 0.4) is 0 Å². The second kappa shape index (κ2) is 8.00. The van der Waals surface area contributed by atoms with Gasteiger partial charge in [0.15, 0.2) is 0 Å². The number of rotatable bonds is 6. The van der Waals surface area contributed by atoms with Crippen LogP contribution in [-0.4, -0.2) is 15.7 Å². The van der Waals surface area contributed by atoms with E-state index >= 15 is 0 Å². The first-order valence-electron chi connectivity index (χ1n) is 8.93. The molecule has 0 unspecified atom stereocenters. The summed E-state index contributed by atoms with van der Waals surface area (Å²) in [5.41, 5.74) is 6.70. The summed E-state index contributed by atoms with van der Waals surface area (Å²) >= 11 is 0. The first-order chi connectivity index (χ1) is 12.5. The van der Waals surface area contributed by atoms with Crippen molar-refractivity contribution in [2.45, 2.75) is 33.2 Å². The molecule has 26 heavy (non-hydrogen) atoms. The Bertz CT molecular complexity index is 894. The fourth-order valence-corrected chi connectivity index (χ4v) is 3.03. The normalized spacial score (nSPS) is 10.7. The lowest BCUT2D eigenvalue weighted by Crippen LogP contribution is -2.23. The van der Waals surface area contributed by atoms with E-state index in [0.717, 1.165) is 22.4 Å².